The first kappa shape index (κ1) is 15.0. The zero-order valence-corrected chi connectivity index (χ0v) is 12.2. The lowest BCUT2D eigenvalue weighted by atomic mass is 9.99. The third-order valence-electron chi connectivity index (χ3n) is 3.05. The van der Waals surface area contributed by atoms with Crippen molar-refractivity contribution in [2.24, 2.45) is 0 Å². The Labute approximate surface area is 126 Å². The Morgan fingerprint density at radius 1 is 1.19 bits per heavy atom. The van der Waals surface area contributed by atoms with Crippen LogP contribution in [0, 0.1) is 10.1 Å². The Bertz CT molecular complexity index is 728. The lowest BCUT2D eigenvalue weighted by Crippen LogP contribution is -1.98. The lowest BCUT2D eigenvalue weighted by molar-refractivity contribution is -0.384. The van der Waals surface area contributed by atoms with Crippen LogP contribution >= 0.6 is 11.6 Å². The topological polar surface area (TPSA) is 69.4 Å². The maximum absolute atomic E-state index is 11.4. The molecule has 0 aliphatic heterocycles. The number of methoxy groups -OCH3 is 1. The molecule has 0 fully saturated rings. The number of hydrogen-bond acceptors (Lipinski definition) is 4. The monoisotopic (exact) mass is 305 g/mol. The highest BCUT2D eigenvalue weighted by Gasteiger charge is 2.20. The molecule has 0 spiro atoms. The van der Waals surface area contributed by atoms with Crippen molar-refractivity contribution in [1.29, 1.82) is 0 Å². The second kappa shape index (κ2) is 5.93. The molecule has 6 heteroatoms. The molecule has 0 saturated heterocycles. The lowest BCUT2D eigenvalue weighted by Gasteiger charge is -2.10. The van der Waals surface area contributed by atoms with E-state index in [-0.39, 0.29) is 11.5 Å². The number of hydrogen-bond donors (Lipinski definition) is 0. The van der Waals surface area contributed by atoms with Crippen LogP contribution in [-0.2, 0) is 0 Å². The molecule has 108 valence electrons. The molecular formula is C15H12ClNO4. The van der Waals surface area contributed by atoms with Gasteiger partial charge in [0.2, 0.25) is 0 Å². The molecular weight excluding hydrogens is 294 g/mol. The number of benzene rings is 2. The number of Topliss-reactive ketones (excluding diaryl/α,β-unsaturated/α-hetero) is 1. The van der Waals surface area contributed by atoms with Gasteiger partial charge in [-0.15, -0.1) is 0 Å². The molecule has 0 bridgehead atoms. The van der Waals surface area contributed by atoms with Crippen molar-refractivity contribution in [3.8, 4) is 16.9 Å². The van der Waals surface area contributed by atoms with Crippen LogP contribution in [0.3, 0.4) is 0 Å². The molecule has 2 aromatic carbocycles. The van der Waals surface area contributed by atoms with Crippen molar-refractivity contribution in [3.05, 3.63) is 57.1 Å². The summed E-state index contributed by atoms with van der Waals surface area (Å²) >= 11 is 5.89. The van der Waals surface area contributed by atoms with Gasteiger partial charge in [-0.3, -0.25) is 14.9 Å². The predicted molar refractivity (Wildman–Crippen MR) is 80.1 cm³/mol. The van der Waals surface area contributed by atoms with Crippen LogP contribution in [0.2, 0.25) is 5.02 Å². The summed E-state index contributed by atoms with van der Waals surface area (Å²) in [7, 11) is 1.46. The van der Waals surface area contributed by atoms with E-state index in [0.717, 1.165) is 0 Å². The number of rotatable bonds is 4. The fourth-order valence-electron chi connectivity index (χ4n) is 2.02. The number of ether oxygens (including phenoxy) is 1. The summed E-state index contributed by atoms with van der Waals surface area (Å²) in [4.78, 5) is 22.1. The quantitative estimate of drug-likeness (QED) is 0.484. The van der Waals surface area contributed by atoms with E-state index in [4.69, 9.17) is 16.3 Å². The third kappa shape index (κ3) is 3.03. The van der Waals surface area contributed by atoms with E-state index in [9.17, 15) is 14.9 Å². The molecule has 0 N–H and O–H groups in total. The Kier molecular flexibility index (Phi) is 4.23. The Hall–Kier alpha value is -2.40. The van der Waals surface area contributed by atoms with Gasteiger partial charge < -0.3 is 4.74 Å². The Balaban J connectivity index is 2.69. The van der Waals surface area contributed by atoms with Gasteiger partial charge in [0.25, 0.3) is 5.69 Å². The minimum Gasteiger partial charge on any atom is -0.496 e. The number of halogens is 1. The fraction of sp³-hybridized carbons (Fsp3) is 0.133. The first-order valence-corrected chi connectivity index (χ1v) is 6.45. The molecule has 0 atom stereocenters. The second-order valence-electron chi connectivity index (χ2n) is 4.39. The summed E-state index contributed by atoms with van der Waals surface area (Å²) in [6.07, 6.45) is 0. The fourth-order valence-corrected chi connectivity index (χ4v) is 2.18. The van der Waals surface area contributed by atoms with Gasteiger partial charge in [0.15, 0.2) is 5.78 Å². The number of ketones is 1. The van der Waals surface area contributed by atoms with Crippen LogP contribution in [0.15, 0.2) is 36.4 Å². The van der Waals surface area contributed by atoms with E-state index in [1.165, 1.54) is 20.1 Å². The number of nitro benzene ring substituents is 1. The van der Waals surface area contributed by atoms with Crippen molar-refractivity contribution >= 4 is 23.1 Å². The Morgan fingerprint density at radius 3 is 2.43 bits per heavy atom. The maximum atomic E-state index is 11.4. The van der Waals surface area contributed by atoms with E-state index in [2.05, 4.69) is 0 Å². The van der Waals surface area contributed by atoms with Gasteiger partial charge in [0.1, 0.15) is 5.75 Å². The van der Waals surface area contributed by atoms with Gasteiger partial charge in [-0.25, -0.2) is 0 Å². The number of nitrogens with zero attached hydrogens (tertiary/aromatic N) is 1. The maximum Gasteiger partial charge on any atom is 0.278 e. The molecule has 21 heavy (non-hydrogen) atoms. The smallest absolute Gasteiger partial charge is 0.278 e. The van der Waals surface area contributed by atoms with Crippen molar-refractivity contribution in [3.63, 3.8) is 0 Å². The number of nitro groups is 1. The zero-order valence-electron chi connectivity index (χ0n) is 11.4. The third-order valence-corrected chi connectivity index (χ3v) is 3.29. The van der Waals surface area contributed by atoms with Crippen molar-refractivity contribution in [2.45, 2.75) is 6.92 Å². The average Bonchev–Trinajstić information content (AvgIpc) is 2.46. The molecule has 0 amide bonds. The molecule has 5 nitrogen and oxygen atoms in total. The van der Waals surface area contributed by atoms with E-state index in [1.54, 1.807) is 30.3 Å². The molecule has 0 aliphatic carbocycles. The number of carbonyl (C=O) groups is 1. The highest BCUT2D eigenvalue weighted by atomic mass is 35.5. The van der Waals surface area contributed by atoms with Crippen LogP contribution in [-0.4, -0.2) is 17.8 Å². The van der Waals surface area contributed by atoms with Gasteiger partial charge in [-0.1, -0.05) is 17.7 Å². The molecule has 0 radical (unpaired) electrons. The van der Waals surface area contributed by atoms with Gasteiger partial charge in [0, 0.05) is 22.2 Å². The molecule has 2 aromatic rings. The normalized spacial score (nSPS) is 10.2. The van der Waals surface area contributed by atoms with Crippen LogP contribution in [0.4, 0.5) is 5.69 Å². The summed E-state index contributed by atoms with van der Waals surface area (Å²) in [6.45, 7) is 1.36. The molecule has 0 aliphatic rings. The molecule has 0 aromatic heterocycles. The first-order valence-electron chi connectivity index (χ1n) is 6.07. The summed E-state index contributed by atoms with van der Waals surface area (Å²) in [5.74, 6) is 0.203. The van der Waals surface area contributed by atoms with Crippen LogP contribution in [0.1, 0.15) is 17.3 Å². The van der Waals surface area contributed by atoms with Crippen molar-refractivity contribution in [2.75, 3.05) is 7.11 Å². The van der Waals surface area contributed by atoms with E-state index in [0.29, 0.717) is 27.5 Å². The van der Waals surface area contributed by atoms with E-state index in [1.807, 2.05) is 0 Å². The average molecular weight is 306 g/mol. The van der Waals surface area contributed by atoms with Crippen molar-refractivity contribution < 1.29 is 14.5 Å². The highest BCUT2D eigenvalue weighted by molar-refractivity contribution is 6.30. The van der Waals surface area contributed by atoms with E-state index < -0.39 is 4.92 Å². The van der Waals surface area contributed by atoms with Gasteiger partial charge in [-0.05, 0) is 31.2 Å². The van der Waals surface area contributed by atoms with Crippen LogP contribution < -0.4 is 4.74 Å². The molecule has 0 saturated carbocycles. The SMILES string of the molecule is COc1cc(Cl)ccc1-c1ccc(C(C)=O)cc1[N+](=O)[O-]. The van der Waals surface area contributed by atoms with Crippen LogP contribution in [0.25, 0.3) is 11.1 Å². The molecule has 0 heterocycles. The van der Waals surface area contributed by atoms with Gasteiger partial charge >= 0.3 is 0 Å². The summed E-state index contributed by atoms with van der Waals surface area (Å²) in [5, 5.41) is 11.7. The summed E-state index contributed by atoms with van der Waals surface area (Å²) < 4.78 is 5.22. The summed E-state index contributed by atoms with van der Waals surface area (Å²) in [6, 6.07) is 9.23. The molecule has 0 unspecified atom stereocenters. The summed E-state index contributed by atoms with van der Waals surface area (Å²) in [5.41, 5.74) is 1.06. The first-order chi connectivity index (χ1) is 9.93. The van der Waals surface area contributed by atoms with Gasteiger partial charge in [0.05, 0.1) is 17.6 Å². The van der Waals surface area contributed by atoms with Crippen molar-refractivity contribution in [1.82, 2.24) is 0 Å². The number of carbonyl (C=O) groups excluding carboxylic acids is 1. The standard InChI is InChI=1S/C15H12ClNO4/c1-9(18)10-3-5-12(14(7-10)17(19)20)13-6-4-11(16)8-15(13)21-2/h3-8H,1-2H3. The van der Waals surface area contributed by atoms with Gasteiger partial charge in [-0.2, -0.15) is 0 Å². The van der Waals surface area contributed by atoms with Crippen LogP contribution in [0.5, 0.6) is 5.75 Å². The van der Waals surface area contributed by atoms with E-state index >= 15 is 0 Å². The molecule has 2 rings (SSSR count). The Morgan fingerprint density at radius 2 is 1.86 bits per heavy atom. The zero-order chi connectivity index (χ0) is 15.6. The minimum atomic E-state index is -0.518. The predicted octanol–water partition coefficient (Wildman–Crippen LogP) is 4.13. The minimum absolute atomic E-state index is 0.150. The largest absolute Gasteiger partial charge is 0.496 e. The second-order valence-corrected chi connectivity index (χ2v) is 4.83. The highest BCUT2D eigenvalue weighted by Crippen LogP contribution is 2.38.